The van der Waals surface area contributed by atoms with Gasteiger partial charge in [0.25, 0.3) is 0 Å². The molecule has 0 aliphatic rings. The zero-order chi connectivity index (χ0) is 13.4. The summed E-state index contributed by atoms with van der Waals surface area (Å²) in [6.45, 7) is 5.52. The molecule has 4 nitrogen and oxygen atoms in total. The number of halogens is 1. The molecule has 98 valence electrons. The zero-order valence-electron chi connectivity index (χ0n) is 10.6. The molecule has 1 rings (SSSR count). The van der Waals surface area contributed by atoms with E-state index in [0.29, 0.717) is 30.3 Å². The summed E-state index contributed by atoms with van der Waals surface area (Å²) in [6.07, 6.45) is -0.299. The Hall–Kier alpha value is -1.28. The first-order chi connectivity index (χ1) is 8.71. The molecule has 0 aliphatic heterocycles. The van der Waals surface area contributed by atoms with Gasteiger partial charge in [0, 0.05) is 13.2 Å². The van der Waals surface area contributed by atoms with Crippen LogP contribution >= 0.6 is 11.6 Å². The Morgan fingerprint density at radius 1 is 1.33 bits per heavy atom. The minimum absolute atomic E-state index is 0.299. The lowest BCUT2D eigenvalue weighted by atomic mass is 10.2. The summed E-state index contributed by atoms with van der Waals surface area (Å²) < 4.78 is 10.8. The number of rotatable bonds is 7. The van der Waals surface area contributed by atoms with Gasteiger partial charge in [-0.3, -0.25) is 0 Å². The van der Waals surface area contributed by atoms with Crippen LogP contribution in [-0.4, -0.2) is 26.0 Å². The highest BCUT2D eigenvalue weighted by molar-refractivity contribution is 6.33. The van der Waals surface area contributed by atoms with Crippen molar-refractivity contribution in [1.82, 2.24) is 0 Å². The lowest BCUT2D eigenvalue weighted by molar-refractivity contribution is -0.126. The van der Waals surface area contributed by atoms with Crippen molar-refractivity contribution in [2.75, 3.05) is 25.1 Å². The number of hydrogen-bond donors (Lipinski definition) is 1. The molecule has 0 fully saturated rings. The maximum absolute atomic E-state index is 8.74. The van der Waals surface area contributed by atoms with Gasteiger partial charge in [0.15, 0.2) is 6.29 Å². The quantitative estimate of drug-likeness (QED) is 0.773. The molecule has 1 aromatic carbocycles. The molecule has 0 heterocycles. The summed E-state index contributed by atoms with van der Waals surface area (Å²) in [4.78, 5) is 0. The number of benzene rings is 1. The number of nitriles is 1. The molecule has 1 aromatic rings. The predicted octanol–water partition coefficient (Wildman–Crippen LogP) is 3.02. The Morgan fingerprint density at radius 2 is 2.00 bits per heavy atom. The summed E-state index contributed by atoms with van der Waals surface area (Å²) in [5.74, 6) is 0. The van der Waals surface area contributed by atoms with Gasteiger partial charge in [0.1, 0.15) is 0 Å². The van der Waals surface area contributed by atoms with Gasteiger partial charge in [-0.25, -0.2) is 0 Å². The van der Waals surface area contributed by atoms with Gasteiger partial charge in [0.05, 0.1) is 28.9 Å². The fourth-order valence-corrected chi connectivity index (χ4v) is 1.71. The van der Waals surface area contributed by atoms with Crippen LogP contribution in [0.25, 0.3) is 0 Å². The van der Waals surface area contributed by atoms with E-state index in [0.717, 1.165) is 5.69 Å². The van der Waals surface area contributed by atoms with E-state index in [1.54, 1.807) is 18.2 Å². The molecule has 0 saturated heterocycles. The van der Waals surface area contributed by atoms with Crippen LogP contribution in [0.4, 0.5) is 5.69 Å². The normalized spacial score (nSPS) is 10.4. The molecule has 0 spiro atoms. The maximum atomic E-state index is 8.74. The summed E-state index contributed by atoms with van der Waals surface area (Å²) in [5, 5.41) is 12.4. The van der Waals surface area contributed by atoms with Crippen LogP contribution in [0.15, 0.2) is 18.2 Å². The molecule has 5 heteroatoms. The maximum Gasteiger partial charge on any atom is 0.174 e. The Balaban J connectivity index is 2.59. The number of nitrogens with one attached hydrogen (secondary N) is 1. The number of hydrogen-bond acceptors (Lipinski definition) is 4. The van der Waals surface area contributed by atoms with Gasteiger partial charge < -0.3 is 14.8 Å². The second kappa shape index (κ2) is 7.93. The van der Waals surface area contributed by atoms with Crippen molar-refractivity contribution in [2.24, 2.45) is 0 Å². The SMILES string of the molecule is CCOC(CNc1ccc(C#N)cc1Cl)OCC. The summed E-state index contributed by atoms with van der Waals surface area (Å²) in [5.41, 5.74) is 1.30. The predicted molar refractivity (Wildman–Crippen MR) is 71.7 cm³/mol. The van der Waals surface area contributed by atoms with E-state index < -0.39 is 0 Å². The lowest BCUT2D eigenvalue weighted by Crippen LogP contribution is -2.26. The Bertz CT molecular complexity index is 412. The second-order valence-corrected chi connectivity index (χ2v) is 3.93. The van der Waals surface area contributed by atoms with Crippen molar-refractivity contribution in [3.63, 3.8) is 0 Å². The highest BCUT2D eigenvalue weighted by Gasteiger charge is 2.09. The largest absolute Gasteiger partial charge is 0.379 e. The monoisotopic (exact) mass is 268 g/mol. The van der Waals surface area contributed by atoms with Gasteiger partial charge in [-0.15, -0.1) is 0 Å². The fourth-order valence-electron chi connectivity index (χ4n) is 1.46. The van der Waals surface area contributed by atoms with Crippen LogP contribution in [0.2, 0.25) is 5.02 Å². The first-order valence-corrected chi connectivity index (χ1v) is 6.25. The molecule has 1 N–H and O–H groups in total. The van der Waals surface area contributed by atoms with Crippen LogP contribution < -0.4 is 5.32 Å². The van der Waals surface area contributed by atoms with Gasteiger partial charge >= 0.3 is 0 Å². The molecule has 18 heavy (non-hydrogen) atoms. The van der Waals surface area contributed by atoms with Crippen LogP contribution in [0.5, 0.6) is 0 Å². The van der Waals surface area contributed by atoms with Gasteiger partial charge in [-0.2, -0.15) is 5.26 Å². The van der Waals surface area contributed by atoms with Crippen molar-refractivity contribution in [3.8, 4) is 6.07 Å². The van der Waals surface area contributed by atoms with E-state index in [1.165, 1.54) is 0 Å². The average Bonchev–Trinajstić information content (AvgIpc) is 2.37. The minimum atomic E-state index is -0.299. The average molecular weight is 269 g/mol. The topological polar surface area (TPSA) is 54.3 Å². The number of ether oxygens (including phenoxy) is 2. The van der Waals surface area contributed by atoms with Gasteiger partial charge in [-0.1, -0.05) is 11.6 Å². The van der Waals surface area contributed by atoms with E-state index in [-0.39, 0.29) is 6.29 Å². The second-order valence-electron chi connectivity index (χ2n) is 3.53. The lowest BCUT2D eigenvalue weighted by Gasteiger charge is -2.18. The zero-order valence-corrected chi connectivity index (χ0v) is 11.3. The molecule has 0 amide bonds. The Morgan fingerprint density at radius 3 is 2.50 bits per heavy atom. The van der Waals surface area contributed by atoms with E-state index in [4.69, 9.17) is 26.3 Å². The van der Waals surface area contributed by atoms with Crippen molar-refractivity contribution < 1.29 is 9.47 Å². The fraction of sp³-hybridized carbons (Fsp3) is 0.462. The first kappa shape index (κ1) is 14.8. The standard InChI is InChI=1S/C13H17ClN2O2/c1-3-17-13(18-4-2)9-16-12-6-5-10(8-15)7-11(12)14/h5-7,13,16H,3-4,9H2,1-2H3. The number of anilines is 1. The van der Waals surface area contributed by atoms with E-state index in [2.05, 4.69) is 5.32 Å². The highest BCUT2D eigenvalue weighted by atomic mass is 35.5. The van der Waals surface area contributed by atoms with Gasteiger partial charge in [0.2, 0.25) is 0 Å². The molecule has 0 radical (unpaired) electrons. The molecule has 0 saturated carbocycles. The highest BCUT2D eigenvalue weighted by Crippen LogP contribution is 2.22. The summed E-state index contributed by atoms with van der Waals surface area (Å²) in [6, 6.07) is 7.15. The van der Waals surface area contributed by atoms with E-state index in [1.807, 2.05) is 19.9 Å². The molecule has 0 aromatic heterocycles. The molecule has 0 bridgehead atoms. The third kappa shape index (κ3) is 4.53. The molecular weight excluding hydrogens is 252 g/mol. The van der Waals surface area contributed by atoms with Crippen LogP contribution in [0.3, 0.4) is 0 Å². The third-order valence-electron chi connectivity index (χ3n) is 2.26. The smallest absolute Gasteiger partial charge is 0.174 e. The molecule has 0 aliphatic carbocycles. The Kier molecular flexibility index (Phi) is 6.51. The van der Waals surface area contributed by atoms with Crippen molar-refractivity contribution in [1.29, 1.82) is 5.26 Å². The van der Waals surface area contributed by atoms with E-state index >= 15 is 0 Å². The van der Waals surface area contributed by atoms with Crippen LogP contribution in [-0.2, 0) is 9.47 Å². The molecule has 0 atom stereocenters. The van der Waals surface area contributed by atoms with Crippen molar-refractivity contribution in [3.05, 3.63) is 28.8 Å². The van der Waals surface area contributed by atoms with Crippen molar-refractivity contribution >= 4 is 17.3 Å². The molecule has 0 unspecified atom stereocenters. The summed E-state index contributed by atoms with van der Waals surface area (Å²) in [7, 11) is 0. The van der Waals surface area contributed by atoms with Crippen LogP contribution in [0.1, 0.15) is 19.4 Å². The third-order valence-corrected chi connectivity index (χ3v) is 2.58. The van der Waals surface area contributed by atoms with Gasteiger partial charge in [-0.05, 0) is 32.0 Å². The molecular formula is C13H17ClN2O2. The minimum Gasteiger partial charge on any atom is -0.379 e. The van der Waals surface area contributed by atoms with Crippen LogP contribution in [0, 0.1) is 11.3 Å². The van der Waals surface area contributed by atoms with Crippen molar-refractivity contribution in [2.45, 2.75) is 20.1 Å². The number of nitrogens with zero attached hydrogens (tertiary/aromatic N) is 1. The Labute approximate surface area is 112 Å². The van der Waals surface area contributed by atoms with E-state index in [9.17, 15) is 0 Å². The first-order valence-electron chi connectivity index (χ1n) is 5.88. The summed E-state index contributed by atoms with van der Waals surface area (Å²) >= 11 is 6.05.